The number of phenolic OH excluding ortho intramolecular Hbond substituents is 1. The largest absolute Gasteiger partial charge is 0.508 e. The molecule has 0 saturated carbocycles. The van der Waals surface area contributed by atoms with E-state index in [2.05, 4.69) is 52.7 Å². The van der Waals surface area contributed by atoms with Gasteiger partial charge in [0.2, 0.25) is 41.9 Å². The first kappa shape index (κ1) is 74.1. The Morgan fingerprint density at radius 2 is 1.45 bits per heavy atom. The fraction of sp³-hybridized carbons (Fsp3) is 0.750. The molecule has 3 saturated heterocycles. The van der Waals surface area contributed by atoms with Crippen molar-refractivity contribution >= 4 is 65.2 Å². The number of hydrogen-bond acceptors (Lipinski definition) is 20. The van der Waals surface area contributed by atoms with Gasteiger partial charge in [0.1, 0.15) is 48.0 Å². The molecule has 492 valence electrons. The average molecular weight is 1250 g/mol. The van der Waals surface area contributed by atoms with Gasteiger partial charge >= 0.3 is 0 Å². The van der Waals surface area contributed by atoms with Crippen LogP contribution in [0.2, 0.25) is 0 Å². The summed E-state index contributed by atoms with van der Waals surface area (Å²) >= 11 is 1.41. The van der Waals surface area contributed by atoms with E-state index in [-0.39, 0.29) is 62.5 Å². The number of ketones is 2. The highest BCUT2D eigenvalue weighted by Gasteiger charge is 2.49. The highest BCUT2D eigenvalue weighted by molar-refractivity contribution is 7.98. The van der Waals surface area contributed by atoms with Gasteiger partial charge in [0.15, 0.2) is 5.78 Å². The number of amides is 7. The van der Waals surface area contributed by atoms with E-state index in [1.54, 1.807) is 6.26 Å². The van der Waals surface area contributed by atoms with Gasteiger partial charge in [-0.2, -0.15) is 11.8 Å². The van der Waals surface area contributed by atoms with Gasteiger partial charge in [-0.05, 0) is 87.0 Å². The Bertz CT molecular complexity index is 2380. The van der Waals surface area contributed by atoms with Gasteiger partial charge in [-0.25, -0.2) is 0 Å². The number of thioether (sulfide) groups is 1. The second kappa shape index (κ2) is 37.6. The number of rotatable bonds is 31. The predicted molar refractivity (Wildman–Crippen MR) is 322 cm³/mol. The van der Waals surface area contributed by atoms with Gasteiger partial charge in [-0.3, -0.25) is 48.5 Å². The van der Waals surface area contributed by atoms with Gasteiger partial charge in [0.05, 0.1) is 48.6 Å². The molecule has 0 radical (unpaired) electrons. The van der Waals surface area contributed by atoms with E-state index in [0.29, 0.717) is 30.4 Å². The molecule has 7 amide bonds. The highest BCUT2D eigenvalue weighted by atomic mass is 32.2. The maximum Gasteiger partial charge on any atom is 0.248 e. The van der Waals surface area contributed by atoms with E-state index >= 15 is 4.79 Å². The van der Waals surface area contributed by atoms with Crippen molar-refractivity contribution in [2.75, 3.05) is 44.7 Å². The van der Waals surface area contributed by atoms with Crippen molar-refractivity contribution in [1.82, 2.24) is 41.7 Å². The smallest absolute Gasteiger partial charge is 0.248 e. The second-order valence-corrected chi connectivity index (χ2v) is 25.0. The first-order valence-electron chi connectivity index (χ1n) is 30.9. The lowest BCUT2D eigenvalue weighted by molar-refractivity contribution is -0.149. The summed E-state index contributed by atoms with van der Waals surface area (Å²) in [6.07, 6.45) is -6.18. The van der Waals surface area contributed by atoms with E-state index in [1.807, 2.05) is 0 Å². The van der Waals surface area contributed by atoms with Crippen molar-refractivity contribution < 1.29 is 84.0 Å². The number of fused-ring (bicyclic) bond motifs is 2. The molecule has 0 aromatic heterocycles. The minimum absolute atomic E-state index is 0.0458. The minimum Gasteiger partial charge on any atom is -0.508 e. The van der Waals surface area contributed by atoms with E-state index in [1.165, 1.54) is 49.4 Å². The molecule has 16 N–H and O–H groups in total. The molecule has 27 heteroatoms. The summed E-state index contributed by atoms with van der Waals surface area (Å²) in [5, 5.41) is 107. The van der Waals surface area contributed by atoms with Crippen molar-refractivity contribution in [3.8, 4) is 5.75 Å². The van der Waals surface area contributed by atoms with Crippen LogP contribution in [0.1, 0.15) is 149 Å². The van der Waals surface area contributed by atoms with Gasteiger partial charge in [-0.1, -0.05) is 77.8 Å². The summed E-state index contributed by atoms with van der Waals surface area (Å²) < 4.78 is 0. The van der Waals surface area contributed by atoms with Crippen LogP contribution in [0.5, 0.6) is 5.75 Å². The molecule has 1 aromatic carbocycles. The molecule has 4 rings (SSSR count). The molecule has 0 bridgehead atoms. The number of carbonyl (C=O) groups excluding carboxylic acids is 9. The number of phenols is 1. The van der Waals surface area contributed by atoms with E-state index < -0.39 is 171 Å². The lowest BCUT2D eigenvalue weighted by atomic mass is 9.86. The van der Waals surface area contributed by atoms with Crippen molar-refractivity contribution in [1.29, 1.82) is 0 Å². The Balaban J connectivity index is 1.78. The Kier molecular flexibility index (Phi) is 32.0. The van der Waals surface area contributed by atoms with E-state index in [4.69, 9.17) is 5.73 Å². The van der Waals surface area contributed by atoms with Crippen molar-refractivity contribution in [3.63, 3.8) is 0 Å². The first-order chi connectivity index (χ1) is 41.4. The predicted octanol–water partition coefficient (Wildman–Crippen LogP) is -1.11. The molecule has 17 atom stereocenters. The zero-order chi connectivity index (χ0) is 64.5. The molecule has 26 nitrogen and oxygen atoms in total. The number of Topliss-reactive ketones (excluding diaryl/α,β-unsaturated/α-hetero) is 2. The quantitative estimate of drug-likeness (QED) is 0.0310. The normalized spacial score (nSPS) is 27.0. The summed E-state index contributed by atoms with van der Waals surface area (Å²) in [5.74, 6) is -9.59. The van der Waals surface area contributed by atoms with Crippen molar-refractivity contribution in [2.24, 2.45) is 29.4 Å². The SMILES string of the molecule is CC[C@H](C)C[C@H](C)CCCCCCCCC(=O)C[C@H]1C[C@@H](O)[C@@H](NCCN)NC(=O)[C@@H]2[C@@H](O)CCN2C(=O)[C@H]([C@H](O)CCNC(=O)[C@H](CCSC)NC=O)NC(=O)[C@H]([C@H](O)[C@@H](O)c2ccc(O)cc2)CC(=O)[C@@H]2C[C@@H](O)CN2C(=O)[C@H]([C@@H](C)O)NC1=O. The number of benzene rings is 1. The van der Waals surface area contributed by atoms with Crippen LogP contribution >= 0.6 is 11.8 Å². The van der Waals surface area contributed by atoms with Crippen LogP contribution < -0.4 is 37.6 Å². The van der Waals surface area contributed by atoms with Crippen LogP contribution in [0.25, 0.3) is 0 Å². The number of aliphatic hydroxyl groups is 7. The Labute approximate surface area is 514 Å². The van der Waals surface area contributed by atoms with Crippen LogP contribution in [-0.4, -0.2) is 222 Å². The Hall–Kier alpha value is -5.36. The minimum atomic E-state index is -2.24. The van der Waals surface area contributed by atoms with Gasteiger partial charge in [-0.15, -0.1) is 0 Å². The number of unbranched alkanes of at least 4 members (excludes halogenated alkanes) is 5. The molecule has 3 heterocycles. The number of carbonyl (C=O) groups is 9. The fourth-order valence-corrected chi connectivity index (χ4v) is 12.2. The van der Waals surface area contributed by atoms with Crippen LogP contribution in [-0.2, 0) is 43.2 Å². The molecule has 3 fully saturated rings. The van der Waals surface area contributed by atoms with Gasteiger partial charge in [0, 0.05) is 64.3 Å². The van der Waals surface area contributed by atoms with Crippen molar-refractivity contribution in [2.45, 2.75) is 216 Å². The number of aliphatic hydroxyl groups excluding tert-OH is 7. The van der Waals surface area contributed by atoms with Crippen LogP contribution in [0.4, 0.5) is 0 Å². The van der Waals surface area contributed by atoms with E-state index in [9.17, 15) is 79.2 Å². The molecule has 87 heavy (non-hydrogen) atoms. The van der Waals surface area contributed by atoms with E-state index in [0.717, 1.165) is 54.7 Å². The zero-order valence-corrected chi connectivity index (χ0v) is 51.9. The third kappa shape index (κ3) is 22.9. The first-order valence-corrected chi connectivity index (χ1v) is 32.3. The molecule has 3 aliphatic heterocycles. The molecular weight excluding hydrogens is 1150 g/mol. The van der Waals surface area contributed by atoms with Gasteiger partial charge < -0.3 is 83.0 Å². The standard InChI is InChI=1S/C60H99N9O17S/c1-6-34(2)27-35(3)13-11-9-7-8-10-12-14-40(73)28-38-29-48(78)54(62-24-22-61)67-58(84)51-46(76)20-25-68(51)60(86)50(45(75)19-23-63-57(83)43(64-33-70)21-26-87-5)66-56(82)42(53(80)52(79)37-15-17-39(72)18-16-37)31-47(77)44-30-41(74)32-69(44)59(85)49(36(4)71)65-55(38)81/h15-18,33-36,38,41-46,48-54,62,71-72,74-76,78-80H,6-14,19-32,61H2,1-5H3,(H,63,83)(H,64,70)(H,65,81)(H,66,82)(H,67,84)/t34-,35+,36+,38-,41+,42-,43-,44-,45+,46-,48+,49-,50-,51-,52-,53-,54-/m0/s1. The monoisotopic (exact) mass is 1250 g/mol. The third-order valence-corrected chi connectivity index (χ3v) is 17.6. The summed E-state index contributed by atoms with van der Waals surface area (Å²) in [7, 11) is 0. The molecule has 0 unspecified atom stereocenters. The van der Waals surface area contributed by atoms with Crippen molar-refractivity contribution in [3.05, 3.63) is 29.8 Å². The fourth-order valence-electron chi connectivity index (χ4n) is 11.7. The summed E-state index contributed by atoms with van der Waals surface area (Å²) in [6, 6.07) is -3.56. The number of nitrogens with one attached hydrogen (secondary N) is 6. The molecule has 0 aliphatic carbocycles. The average Bonchev–Trinajstić information content (AvgIpc) is 4.17. The topological polar surface area (TPSA) is 420 Å². The zero-order valence-electron chi connectivity index (χ0n) is 51.1. The third-order valence-electron chi connectivity index (χ3n) is 17.0. The van der Waals surface area contributed by atoms with Crippen LogP contribution in [0.3, 0.4) is 0 Å². The summed E-state index contributed by atoms with van der Waals surface area (Å²) in [4.78, 5) is 129. The maximum absolute atomic E-state index is 15.0. The number of nitrogens with zero attached hydrogens (tertiary/aromatic N) is 2. The second-order valence-electron chi connectivity index (χ2n) is 24.0. The molecular formula is C60H99N9O17S. The number of hydrogen-bond donors (Lipinski definition) is 15. The molecule has 3 aliphatic rings. The lowest BCUT2D eigenvalue weighted by Gasteiger charge is -2.35. The highest BCUT2D eigenvalue weighted by Crippen LogP contribution is 2.31. The maximum atomic E-state index is 15.0. The number of aromatic hydroxyl groups is 1. The molecule has 1 aromatic rings. The van der Waals surface area contributed by atoms with Crippen LogP contribution in [0.15, 0.2) is 24.3 Å². The Morgan fingerprint density at radius 1 is 0.793 bits per heavy atom. The summed E-state index contributed by atoms with van der Waals surface area (Å²) in [5.41, 5.74) is 5.79. The molecule has 0 spiro atoms. The lowest BCUT2D eigenvalue weighted by Crippen LogP contribution is -2.63. The summed E-state index contributed by atoms with van der Waals surface area (Å²) in [6.45, 7) is 6.55. The number of nitrogens with two attached hydrogens (primary N) is 1. The Morgan fingerprint density at radius 3 is 2.09 bits per heavy atom. The van der Waals surface area contributed by atoms with Gasteiger partial charge in [0.25, 0.3) is 0 Å². The van der Waals surface area contributed by atoms with Crippen LogP contribution in [0, 0.1) is 23.7 Å².